The molecule has 0 fully saturated rings. The van der Waals surface area contributed by atoms with E-state index >= 15 is 0 Å². The lowest BCUT2D eigenvalue weighted by atomic mass is 10.0. The maximum absolute atomic E-state index is 12.8. The van der Waals surface area contributed by atoms with Crippen LogP contribution < -0.4 is 0 Å². The third-order valence-electron chi connectivity index (χ3n) is 4.44. The van der Waals surface area contributed by atoms with Gasteiger partial charge in [-0.1, -0.05) is 48.0 Å². The minimum absolute atomic E-state index is 0.00870. The van der Waals surface area contributed by atoms with E-state index in [9.17, 15) is 14.7 Å². The Kier molecular flexibility index (Phi) is 4.94. The summed E-state index contributed by atoms with van der Waals surface area (Å²) in [7, 11) is 0. The van der Waals surface area contributed by atoms with E-state index in [1.54, 1.807) is 35.7 Å². The summed E-state index contributed by atoms with van der Waals surface area (Å²) >= 11 is 7.19. The summed E-state index contributed by atoms with van der Waals surface area (Å²) in [6.45, 7) is 0. The van der Waals surface area contributed by atoms with Gasteiger partial charge in [0.25, 0.3) is 0 Å². The van der Waals surface area contributed by atoms with Crippen LogP contribution in [0.15, 0.2) is 66.0 Å². The molecule has 0 aliphatic rings. The van der Waals surface area contributed by atoms with E-state index in [4.69, 9.17) is 11.6 Å². The number of halogens is 1. The molecule has 4 aromatic rings. The summed E-state index contributed by atoms with van der Waals surface area (Å²) in [4.78, 5) is 29.6. The van der Waals surface area contributed by atoms with Crippen molar-refractivity contribution in [1.82, 2.24) is 4.98 Å². The minimum Gasteiger partial charge on any atom is -0.478 e. The number of pyridine rings is 1. The first-order valence-electron chi connectivity index (χ1n) is 8.51. The van der Waals surface area contributed by atoms with Gasteiger partial charge in [0.15, 0.2) is 5.78 Å². The van der Waals surface area contributed by atoms with Crippen molar-refractivity contribution in [3.63, 3.8) is 0 Å². The lowest BCUT2D eigenvalue weighted by molar-refractivity contribution is 0.0697. The van der Waals surface area contributed by atoms with Gasteiger partial charge in [-0.05, 0) is 35.2 Å². The largest absolute Gasteiger partial charge is 0.478 e. The molecule has 6 heteroatoms. The van der Waals surface area contributed by atoms with Crippen LogP contribution in [0.1, 0.15) is 25.7 Å². The Morgan fingerprint density at radius 1 is 1.00 bits per heavy atom. The third kappa shape index (κ3) is 3.54. The molecular weight excluding hydrogens is 394 g/mol. The molecular formula is C22H14ClNO3S. The fourth-order valence-electron chi connectivity index (χ4n) is 3.06. The predicted octanol–water partition coefficient (Wildman–Crippen LogP) is 5.74. The van der Waals surface area contributed by atoms with E-state index in [0.717, 1.165) is 16.5 Å². The molecule has 0 aliphatic heterocycles. The molecule has 0 atom stereocenters. The molecule has 0 unspecified atom stereocenters. The van der Waals surface area contributed by atoms with Crippen molar-refractivity contribution in [1.29, 1.82) is 0 Å². The van der Waals surface area contributed by atoms with Crippen LogP contribution >= 0.6 is 22.9 Å². The zero-order chi connectivity index (χ0) is 19.7. The molecule has 0 radical (unpaired) electrons. The number of nitrogens with zero attached hydrogens (tertiary/aromatic N) is 1. The molecule has 0 amide bonds. The van der Waals surface area contributed by atoms with Crippen molar-refractivity contribution >= 4 is 45.6 Å². The van der Waals surface area contributed by atoms with Crippen molar-refractivity contribution in [2.75, 3.05) is 0 Å². The number of Topliss-reactive ketones (excluding diaryl/α,β-unsaturated/α-hetero) is 1. The maximum atomic E-state index is 12.8. The highest BCUT2D eigenvalue weighted by Gasteiger charge is 2.22. The van der Waals surface area contributed by atoms with Gasteiger partial charge >= 0.3 is 5.97 Å². The molecule has 0 saturated carbocycles. The fourth-order valence-corrected chi connectivity index (χ4v) is 4.23. The summed E-state index contributed by atoms with van der Waals surface area (Å²) < 4.78 is 0. The zero-order valence-electron chi connectivity index (χ0n) is 14.6. The second kappa shape index (κ2) is 7.54. The summed E-state index contributed by atoms with van der Waals surface area (Å²) in [5.74, 6) is -1.27. The number of hydrogen-bond acceptors (Lipinski definition) is 4. The zero-order valence-corrected chi connectivity index (χ0v) is 16.1. The summed E-state index contributed by atoms with van der Waals surface area (Å²) in [6.07, 6.45) is -0.00870. The molecule has 1 N–H and O–H groups in total. The van der Waals surface area contributed by atoms with Gasteiger partial charge in [0.1, 0.15) is 5.69 Å². The topological polar surface area (TPSA) is 67.3 Å². The van der Waals surface area contributed by atoms with Crippen molar-refractivity contribution in [3.05, 3.63) is 87.2 Å². The first-order chi connectivity index (χ1) is 13.5. The average Bonchev–Trinajstić information content (AvgIpc) is 3.12. The third-order valence-corrected chi connectivity index (χ3v) is 5.68. The normalized spacial score (nSPS) is 10.9. The Morgan fingerprint density at radius 2 is 1.75 bits per heavy atom. The number of rotatable bonds is 5. The molecule has 0 saturated heterocycles. The van der Waals surface area contributed by atoms with E-state index in [1.807, 2.05) is 30.3 Å². The first-order valence-corrected chi connectivity index (χ1v) is 9.77. The van der Waals surface area contributed by atoms with E-state index in [-0.39, 0.29) is 17.8 Å². The van der Waals surface area contributed by atoms with Crippen LogP contribution in [-0.4, -0.2) is 21.8 Å². The molecule has 138 valence electrons. The van der Waals surface area contributed by atoms with E-state index < -0.39 is 5.97 Å². The Bertz CT molecular complexity index is 1200. The molecule has 2 heterocycles. The molecule has 0 spiro atoms. The lowest BCUT2D eigenvalue weighted by Gasteiger charge is -2.05. The average molecular weight is 408 g/mol. The minimum atomic E-state index is -1.06. The number of aromatic carboxylic acids is 1. The first kappa shape index (κ1) is 18.3. The van der Waals surface area contributed by atoms with Gasteiger partial charge in [0.05, 0.1) is 11.1 Å². The van der Waals surface area contributed by atoms with Crippen molar-refractivity contribution in [2.45, 2.75) is 6.42 Å². The smallest absolute Gasteiger partial charge is 0.337 e. The number of carboxylic acids is 1. The quantitative estimate of drug-likeness (QED) is 0.428. The van der Waals surface area contributed by atoms with Gasteiger partial charge in [-0.25, -0.2) is 9.78 Å². The number of carbonyl (C=O) groups excluding carboxylic acids is 1. The molecule has 4 nitrogen and oxygen atoms in total. The van der Waals surface area contributed by atoms with Gasteiger partial charge in [0.2, 0.25) is 0 Å². The number of benzene rings is 2. The highest BCUT2D eigenvalue weighted by Crippen LogP contribution is 2.33. The standard InChI is InChI=1S/C22H14ClNO3S/c23-15-8-5-13(6-9-15)16-12-28-20(21(16)22(26)27)11-19(25)18-10-7-14-3-1-2-4-17(14)24-18/h1-10,12H,11H2,(H,26,27). The molecule has 0 bridgehead atoms. The Balaban J connectivity index is 1.68. The van der Waals surface area contributed by atoms with Gasteiger partial charge < -0.3 is 5.11 Å². The molecule has 0 aliphatic carbocycles. The van der Waals surface area contributed by atoms with E-state index in [0.29, 0.717) is 21.2 Å². The summed E-state index contributed by atoms with van der Waals surface area (Å²) in [6, 6.07) is 18.0. The molecule has 2 aromatic heterocycles. The van der Waals surface area contributed by atoms with Gasteiger partial charge in [-0.3, -0.25) is 4.79 Å². The van der Waals surface area contributed by atoms with Crippen LogP contribution in [0.3, 0.4) is 0 Å². The van der Waals surface area contributed by atoms with Crippen LogP contribution in [0.4, 0.5) is 0 Å². The predicted molar refractivity (Wildman–Crippen MR) is 112 cm³/mol. The highest BCUT2D eigenvalue weighted by molar-refractivity contribution is 7.11. The highest BCUT2D eigenvalue weighted by atomic mass is 35.5. The van der Waals surface area contributed by atoms with Gasteiger partial charge in [0, 0.05) is 27.3 Å². The molecule has 4 rings (SSSR count). The van der Waals surface area contributed by atoms with Gasteiger partial charge in [-0.15, -0.1) is 11.3 Å². The Morgan fingerprint density at radius 3 is 2.50 bits per heavy atom. The second-order valence-corrected chi connectivity index (χ2v) is 7.65. The number of para-hydroxylation sites is 1. The van der Waals surface area contributed by atoms with Crippen LogP contribution in [0.2, 0.25) is 5.02 Å². The number of hydrogen-bond donors (Lipinski definition) is 1. The Labute approximate surface area is 170 Å². The van der Waals surface area contributed by atoms with Crippen molar-refractivity contribution in [3.8, 4) is 11.1 Å². The second-order valence-electron chi connectivity index (χ2n) is 6.25. The van der Waals surface area contributed by atoms with Crippen LogP contribution in [-0.2, 0) is 6.42 Å². The van der Waals surface area contributed by atoms with Crippen molar-refractivity contribution in [2.24, 2.45) is 0 Å². The van der Waals surface area contributed by atoms with E-state index in [1.165, 1.54) is 11.3 Å². The lowest BCUT2D eigenvalue weighted by Crippen LogP contribution is -2.09. The monoisotopic (exact) mass is 407 g/mol. The number of thiophene rings is 1. The number of carboxylic acid groups (broad SMARTS) is 1. The molecule has 2 aromatic carbocycles. The van der Waals surface area contributed by atoms with E-state index in [2.05, 4.69) is 4.98 Å². The SMILES string of the molecule is O=C(Cc1scc(-c2ccc(Cl)cc2)c1C(=O)O)c1ccc2ccccc2n1. The van der Waals surface area contributed by atoms with Crippen molar-refractivity contribution < 1.29 is 14.7 Å². The number of carbonyl (C=O) groups is 2. The number of ketones is 1. The number of fused-ring (bicyclic) bond motifs is 1. The van der Waals surface area contributed by atoms with Gasteiger partial charge in [-0.2, -0.15) is 0 Å². The maximum Gasteiger partial charge on any atom is 0.337 e. The number of aromatic nitrogens is 1. The van der Waals surface area contributed by atoms with Crippen LogP contribution in [0, 0.1) is 0 Å². The fraction of sp³-hybridized carbons (Fsp3) is 0.0455. The molecule has 28 heavy (non-hydrogen) atoms. The van der Waals surface area contributed by atoms with Crippen LogP contribution in [0.5, 0.6) is 0 Å². The Hall–Kier alpha value is -3.02. The summed E-state index contributed by atoms with van der Waals surface area (Å²) in [5.41, 5.74) is 2.56. The summed E-state index contributed by atoms with van der Waals surface area (Å²) in [5, 5.41) is 13.0. The van der Waals surface area contributed by atoms with Crippen LogP contribution in [0.25, 0.3) is 22.0 Å².